The summed E-state index contributed by atoms with van der Waals surface area (Å²) >= 11 is 0. The third-order valence-corrected chi connectivity index (χ3v) is 4.19. The first-order valence-electron chi connectivity index (χ1n) is 7.86. The zero-order chi connectivity index (χ0) is 14.5. The second-order valence-corrected chi connectivity index (χ2v) is 6.01. The Kier molecular flexibility index (Phi) is 5.36. The average molecular weight is 274 g/mol. The molecule has 1 saturated carbocycles. The Balaban J connectivity index is 2.20. The molecule has 0 saturated heterocycles. The molecule has 0 heterocycles. The van der Waals surface area contributed by atoms with Gasteiger partial charge in [-0.05, 0) is 51.7 Å². The topological polar surface area (TPSA) is 26.3 Å². The van der Waals surface area contributed by atoms with E-state index < -0.39 is 0 Å². The summed E-state index contributed by atoms with van der Waals surface area (Å²) in [4.78, 5) is 12.8. The molecule has 0 amide bonds. The van der Waals surface area contributed by atoms with Gasteiger partial charge in [0.1, 0.15) is 6.10 Å². The van der Waals surface area contributed by atoms with Gasteiger partial charge in [-0.1, -0.05) is 36.5 Å². The molecule has 1 aromatic carbocycles. The van der Waals surface area contributed by atoms with Gasteiger partial charge in [-0.25, -0.2) is 0 Å². The number of hydrogen-bond donors (Lipinski definition) is 0. The van der Waals surface area contributed by atoms with Crippen molar-refractivity contribution >= 4 is 5.78 Å². The van der Waals surface area contributed by atoms with Gasteiger partial charge in [0.05, 0.1) is 0 Å². The van der Waals surface area contributed by atoms with Gasteiger partial charge in [-0.15, -0.1) is 0 Å². The Bertz CT molecular complexity index is 438. The second kappa shape index (κ2) is 7.03. The van der Waals surface area contributed by atoms with Crippen LogP contribution in [0.1, 0.15) is 60.5 Å². The van der Waals surface area contributed by atoms with Gasteiger partial charge in [0, 0.05) is 12.2 Å². The predicted octanol–water partition coefficient (Wildman–Crippen LogP) is 4.47. The largest absolute Gasteiger partial charge is 0.370 e. The number of carbonyl (C=O) groups is 1. The van der Waals surface area contributed by atoms with Crippen molar-refractivity contribution in [1.82, 2.24) is 0 Å². The zero-order valence-corrected chi connectivity index (χ0v) is 12.9. The number of rotatable bonds is 5. The molecular weight excluding hydrogens is 248 g/mol. The van der Waals surface area contributed by atoms with Crippen LogP contribution in [-0.2, 0) is 4.74 Å². The Hall–Kier alpha value is -1.15. The number of Topliss-reactive ketones (excluding diaryl/α,β-unsaturated/α-hetero) is 1. The minimum absolute atomic E-state index is 0.172. The molecule has 2 heteroatoms. The van der Waals surface area contributed by atoms with Crippen LogP contribution in [0.15, 0.2) is 18.2 Å². The highest BCUT2D eigenvalue weighted by molar-refractivity contribution is 6.00. The summed E-state index contributed by atoms with van der Waals surface area (Å²) in [6, 6.07) is 6.08. The lowest BCUT2D eigenvalue weighted by Crippen LogP contribution is -2.34. The van der Waals surface area contributed by atoms with Gasteiger partial charge in [0.25, 0.3) is 0 Å². The molecule has 2 nitrogen and oxygen atoms in total. The maximum Gasteiger partial charge on any atom is 0.191 e. The fourth-order valence-electron chi connectivity index (χ4n) is 3.32. The lowest BCUT2D eigenvalue weighted by molar-refractivity contribution is 0.0127. The van der Waals surface area contributed by atoms with Crippen LogP contribution in [-0.4, -0.2) is 18.5 Å². The summed E-state index contributed by atoms with van der Waals surface area (Å²) in [7, 11) is 0. The van der Waals surface area contributed by atoms with E-state index in [0.717, 1.165) is 29.5 Å². The molecular formula is C18H26O2. The van der Waals surface area contributed by atoms with Crippen molar-refractivity contribution in [2.24, 2.45) is 5.92 Å². The van der Waals surface area contributed by atoms with Crippen molar-refractivity contribution in [2.45, 2.75) is 59.0 Å². The van der Waals surface area contributed by atoms with Crippen LogP contribution >= 0.6 is 0 Å². The summed E-state index contributed by atoms with van der Waals surface area (Å²) in [6.45, 7) is 6.67. The number of hydrogen-bond acceptors (Lipinski definition) is 2. The van der Waals surface area contributed by atoms with Gasteiger partial charge in [-0.3, -0.25) is 4.79 Å². The van der Waals surface area contributed by atoms with Crippen molar-refractivity contribution in [2.75, 3.05) is 6.61 Å². The van der Waals surface area contributed by atoms with Crippen molar-refractivity contribution in [3.8, 4) is 0 Å². The molecule has 1 aliphatic rings. The van der Waals surface area contributed by atoms with E-state index in [-0.39, 0.29) is 11.9 Å². The van der Waals surface area contributed by atoms with Crippen LogP contribution in [0.25, 0.3) is 0 Å². The molecule has 1 atom stereocenters. The van der Waals surface area contributed by atoms with Crippen LogP contribution in [0, 0.1) is 19.8 Å². The van der Waals surface area contributed by atoms with Crippen molar-refractivity contribution < 1.29 is 9.53 Å². The second-order valence-electron chi connectivity index (χ2n) is 6.01. The molecule has 0 N–H and O–H groups in total. The van der Waals surface area contributed by atoms with E-state index in [4.69, 9.17) is 4.74 Å². The van der Waals surface area contributed by atoms with E-state index in [0.29, 0.717) is 12.5 Å². The van der Waals surface area contributed by atoms with Crippen molar-refractivity contribution in [1.29, 1.82) is 0 Å². The van der Waals surface area contributed by atoms with Gasteiger partial charge < -0.3 is 4.74 Å². The maximum absolute atomic E-state index is 12.8. The highest BCUT2D eigenvalue weighted by Crippen LogP contribution is 2.30. The van der Waals surface area contributed by atoms with Crippen LogP contribution in [0.3, 0.4) is 0 Å². The molecule has 0 aliphatic heterocycles. The van der Waals surface area contributed by atoms with Gasteiger partial charge in [0.15, 0.2) is 5.78 Å². The summed E-state index contributed by atoms with van der Waals surface area (Å²) in [5.41, 5.74) is 3.10. The van der Waals surface area contributed by atoms with Crippen LogP contribution in [0.4, 0.5) is 0 Å². The number of carbonyl (C=O) groups excluding carboxylic acids is 1. The van der Waals surface area contributed by atoms with E-state index in [9.17, 15) is 4.79 Å². The Labute approximate surface area is 122 Å². The van der Waals surface area contributed by atoms with E-state index in [1.807, 2.05) is 32.9 Å². The van der Waals surface area contributed by atoms with E-state index >= 15 is 0 Å². The smallest absolute Gasteiger partial charge is 0.191 e. The summed E-state index contributed by atoms with van der Waals surface area (Å²) < 4.78 is 5.83. The standard InChI is InChI=1S/C18H26O2/c1-4-20-18(15-8-6-5-7-9-15)17(19)16-11-13(2)10-14(3)12-16/h10-12,15,18H,4-9H2,1-3H3. The fraction of sp³-hybridized carbons (Fsp3) is 0.611. The molecule has 0 radical (unpaired) electrons. The normalized spacial score (nSPS) is 17.9. The quantitative estimate of drug-likeness (QED) is 0.740. The maximum atomic E-state index is 12.8. The fourth-order valence-corrected chi connectivity index (χ4v) is 3.32. The first kappa shape index (κ1) is 15.2. The average Bonchev–Trinajstić information content (AvgIpc) is 2.44. The molecule has 1 aromatic rings. The number of ether oxygens (including phenoxy) is 1. The lowest BCUT2D eigenvalue weighted by Gasteiger charge is -2.29. The highest BCUT2D eigenvalue weighted by Gasteiger charge is 2.30. The zero-order valence-electron chi connectivity index (χ0n) is 12.9. The third kappa shape index (κ3) is 3.69. The number of aryl methyl sites for hydroxylation is 2. The SMILES string of the molecule is CCOC(C(=O)c1cc(C)cc(C)c1)C1CCCCC1. The van der Waals surface area contributed by atoms with E-state index in [2.05, 4.69) is 6.07 Å². The van der Waals surface area contributed by atoms with Crippen LogP contribution in [0.5, 0.6) is 0 Å². The van der Waals surface area contributed by atoms with Gasteiger partial charge in [0.2, 0.25) is 0 Å². The Morgan fingerprint density at radius 3 is 2.30 bits per heavy atom. The van der Waals surface area contributed by atoms with E-state index in [1.54, 1.807) is 0 Å². The molecule has 1 fully saturated rings. The molecule has 20 heavy (non-hydrogen) atoms. The molecule has 0 bridgehead atoms. The predicted molar refractivity (Wildman–Crippen MR) is 82.2 cm³/mol. The first-order valence-corrected chi connectivity index (χ1v) is 7.86. The summed E-state index contributed by atoms with van der Waals surface area (Å²) in [5, 5.41) is 0. The van der Waals surface area contributed by atoms with Crippen LogP contribution < -0.4 is 0 Å². The summed E-state index contributed by atoms with van der Waals surface area (Å²) in [5.74, 6) is 0.572. The lowest BCUT2D eigenvalue weighted by atomic mass is 9.82. The van der Waals surface area contributed by atoms with Crippen molar-refractivity contribution in [3.63, 3.8) is 0 Å². The minimum Gasteiger partial charge on any atom is -0.370 e. The minimum atomic E-state index is -0.249. The third-order valence-electron chi connectivity index (χ3n) is 4.19. The molecule has 2 rings (SSSR count). The molecule has 0 spiro atoms. The van der Waals surface area contributed by atoms with Gasteiger partial charge in [-0.2, -0.15) is 0 Å². The van der Waals surface area contributed by atoms with Crippen LogP contribution in [0.2, 0.25) is 0 Å². The van der Waals surface area contributed by atoms with Crippen molar-refractivity contribution in [3.05, 3.63) is 34.9 Å². The van der Waals surface area contributed by atoms with Gasteiger partial charge >= 0.3 is 0 Å². The monoisotopic (exact) mass is 274 g/mol. The molecule has 110 valence electrons. The summed E-state index contributed by atoms with van der Waals surface area (Å²) in [6.07, 6.45) is 5.76. The molecule has 1 aliphatic carbocycles. The van der Waals surface area contributed by atoms with E-state index in [1.165, 1.54) is 19.3 Å². The first-order chi connectivity index (χ1) is 9.61. The number of benzene rings is 1. The molecule has 0 aromatic heterocycles. The highest BCUT2D eigenvalue weighted by atomic mass is 16.5. The Morgan fingerprint density at radius 1 is 1.15 bits per heavy atom. The molecule has 1 unspecified atom stereocenters. The Morgan fingerprint density at radius 2 is 1.75 bits per heavy atom. The number of ketones is 1.